The van der Waals surface area contributed by atoms with E-state index in [2.05, 4.69) is 15.5 Å². The van der Waals surface area contributed by atoms with E-state index >= 15 is 0 Å². The Kier molecular flexibility index (Phi) is 4.77. The quantitative estimate of drug-likeness (QED) is 0.754. The van der Waals surface area contributed by atoms with Gasteiger partial charge in [-0.2, -0.15) is 4.98 Å². The van der Waals surface area contributed by atoms with Crippen molar-refractivity contribution >= 4 is 17.2 Å². The van der Waals surface area contributed by atoms with Crippen LogP contribution in [0.1, 0.15) is 10.8 Å². The Morgan fingerprint density at radius 3 is 2.83 bits per heavy atom. The maximum absolute atomic E-state index is 12.9. The smallest absolute Gasteiger partial charge is 0.228 e. The van der Waals surface area contributed by atoms with Gasteiger partial charge in [0, 0.05) is 23.4 Å². The lowest BCUT2D eigenvalue weighted by Gasteiger charge is -2.01. The maximum Gasteiger partial charge on any atom is 0.228 e. The first kappa shape index (κ1) is 15.4. The van der Waals surface area contributed by atoms with Gasteiger partial charge < -0.3 is 9.84 Å². The molecule has 1 N–H and O–H groups in total. The molecule has 118 valence electrons. The zero-order chi connectivity index (χ0) is 16.1. The van der Waals surface area contributed by atoms with Crippen LogP contribution in [0.5, 0.6) is 0 Å². The first-order valence-corrected chi connectivity index (χ1v) is 7.96. The molecule has 1 amide bonds. The van der Waals surface area contributed by atoms with E-state index in [0.717, 1.165) is 4.88 Å². The van der Waals surface area contributed by atoms with Crippen LogP contribution in [0.15, 0.2) is 46.3 Å². The van der Waals surface area contributed by atoms with Crippen molar-refractivity contribution < 1.29 is 13.7 Å². The number of rotatable bonds is 6. The largest absolute Gasteiger partial charge is 0.355 e. The van der Waals surface area contributed by atoms with Gasteiger partial charge in [-0.25, -0.2) is 4.39 Å². The highest BCUT2D eigenvalue weighted by atomic mass is 32.1. The average Bonchev–Trinajstić information content (AvgIpc) is 3.20. The minimum absolute atomic E-state index is 0.0364. The fraction of sp³-hybridized carbons (Fsp3) is 0.188. The molecule has 0 saturated carbocycles. The lowest BCUT2D eigenvalue weighted by atomic mass is 10.2. The number of nitrogens with zero attached hydrogens (tertiary/aromatic N) is 2. The highest BCUT2D eigenvalue weighted by Gasteiger charge is 2.09. The number of aromatic nitrogens is 2. The van der Waals surface area contributed by atoms with E-state index in [1.165, 1.54) is 12.1 Å². The number of nitrogens with one attached hydrogen (secondary N) is 1. The molecule has 0 radical (unpaired) electrons. The van der Waals surface area contributed by atoms with Crippen molar-refractivity contribution in [2.24, 2.45) is 0 Å². The monoisotopic (exact) mass is 331 g/mol. The van der Waals surface area contributed by atoms with Crippen LogP contribution in [0.4, 0.5) is 4.39 Å². The van der Waals surface area contributed by atoms with E-state index in [4.69, 9.17) is 4.52 Å². The molecule has 2 heterocycles. The summed E-state index contributed by atoms with van der Waals surface area (Å²) in [6, 6.07) is 9.71. The second kappa shape index (κ2) is 7.15. The van der Waals surface area contributed by atoms with Crippen LogP contribution in [0, 0.1) is 5.82 Å². The number of hydrogen-bond donors (Lipinski definition) is 1. The minimum Gasteiger partial charge on any atom is -0.355 e. The van der Waals surface area contributed by atoms with Gasteiger partial charge in [-0.15, -0.1) is 11.3 Å². The van der Waals surface area contributed by atoms with Crippen LogP contribution in [0.3, 0.4) is 0 Å². The van der Waals surface area contributed by atoms with Crippen molar-refractivity contribution in [2.45, 2.75) is 12.8 Å². The second-order valence-electron chi connectivity index (χ2n) is 4.87. The van der Waals surface area contributed by atoms with E-state index in [9.17, 15) is 9.18 Å². The number of carbonyl (C=O) groups is 1. The molecule has 0 unspecified atom stereocenters. The van der Waals surface area contributed by atoms with Crippen LogP contribution in [-0.4, -0.2) is 22.6 Å². The molecule has 2 aromatic heterocycles. The van der Waals surface area contributed by atoms with Crippen molar-refractivity contribution in [1.29, 1.82) is 0 Å². The highest BCUT2D eigenvalue weighted by Crippen LogP contribution is 2.16. The molecule has 3 rings (SSSR count). The van der Waals surface area contributed by atoms with Crippen LogP contribution in [0.25, 0.3) is 11.4 Å². The van der Waals surface area contributed by atoms with Gasteiger partial charge in [-0.3, -0.25) is 4.79 Å². The average molecular weight is 331 g/mol. The molecule has 3 aromatic rings. The Balaban J connectivity index is 1.49. The molecule has 7 heteroatoms. The molecule has 0 atom stereocenters. The molecule has 0 saturated heterocycles. The molecular formula is C16H14FN3O2S. The van der Waals surface area contributed by atoms with E-state index in [-0.39, 0.29) is 11.7 Å². The van der Waals surface area contributed by atoms with Crippen molar-refractivity contribution in [3.63, 3.8) is 0 Å². The second-order valence-corrected chi connectivity index (χ2v) is 5.91. The summed E-state index contributed by atoms with van der Waals surface area (Å²) in [5.41, 5.74) is 0.683. The summed E-state index contributed by atoms with van der Waals surface area (Å²) in [7, 11) is 0. The van der Waals surface area contributed by atoms with Gasteiger partial charge in [-0.05, 0) is 35.7 Å². The molecule has 5 nitrogen and oxygen atoms in total. The maximum atomic E-state index is 12.9. The molecule has 0 fully saturated rings. The fourth-order valence-corrected chi connectivity index (χ4v) is 2.72. The SMILES string of the molecule is O=C(Cc1cccs1)NCCc1nc(-c2ccc(F)cc2)no1. The van der Waals surface area contributed by atoms with Crippen LogP contribution < -0.4 is 5.32 Å². The van der Waals surface area contributed by atoms with Gasteiger partial charge in [0.2, 0.25) is 17.6 Å². The highest BCUT2D eigenvalue weighted by molar-refractivity contribution is 7.10. The first-order valence-electron chi connectivity index (χ1n) is 7.08. The van der Waals surface area contributed by atoms with Gasteiger partial charge in [0.1, 0.15) is 5.82 Å². The van der Waals surface area contributed by atoms with Crippen LogP contribution in [-0.2, 0) is 17.6 Å². The number of hydrogen-bond acceptors (Lipinski definition) is 5. The predicted octanol–water partition coefficient (Wildman–Crippen LogP) is 2.84. The Morgan fingerprint density at radius 1 is 1.26 bits per heavy atom. The van der Waals surface area contributed by atoms with Gasteiger partial charge in [0.15, 0.2) is 0 Å². The first-order chi connectivity index (χ1) is 11.2. The van der Waals surface area contributed by atoms with Gasteiger partial charge in [0.05, 0.1) is 6.42 Å². The fourth-order valence-electron chi connectivity index (χ4n) is 2.02. The van der Waals surface area contributed by atoms with Crippen LogP contribution >= 0.6 is 11.3 Å². The summed E-state index contributed by atoms with van der Waals surface area (Å²) in [6.45, 7) is 0.426. The van der Waals surface area contributed by atoms with Gasteiger partial charge in [0.25, 0.3) is 0 Å². The number of amides is 1. The summed E-state index contributed by atoms with van der Waals surface area (Å²) in [6.07, 6.45) is 0.826. The topological polar surface area (TPSA) is 68.0 Å². The summed E-state index contributed by atoms with van der Waals surface area (Å²) in [5.74, 6) is 0.488. The van der Waals surface area contributed by atoms with Crippen molar-refractivity contribution in [1.82, 2.24) is 15.5 Å². The zero-order valence-corrected chi connectivity index (χ0v) is 13.0. The summed E-state index contributed by atoms with van der Waals surface area (Å²) < 4.78 is 18.0. The number of benzene rings is 1. The van der Waals surface area contributed by atoms with E-state index in [1.807, 2.05) is 17.5 Å². The molecular weight excluding hydrogens is 317 g/mol. The van der Waals surface area contributed by atoms with Crippen LogP contribution in [0.2, 0.25) is 0 Å². The number of halogens is 1. The molecule has 1 aromatic carbocycles. The number of thiophene rings is 1. The Morgan fingerprint density at radius 2 is 2.09 bits per heavy atom. The minimum atomic E-state index is -0.314. The number of carbonyl (C=O) groups excluding carboxylic acids is 1. The zero-order valence-electron chi connectivity index (χ0n) is 12.2. The summed E-state index contributed by atoms with van der Waals surface area (Å²) >= 11 is 1.55. The lowest BCUT2D eigenvalue weighted by molar-refractivity contribution is -0.120. The van der Waals surface area contributed by atoms with Gasteiger partial charge >= 0.3 is 0 Å². The van der Waals surface area contributed by atoms with Crippen molar-refractivity contribution in [2.75, 3.05) is 6.54 Å². The standard InChI is InChI=1S/C16H14FN3O2S/c17-12-5-3-11(4-6-12)16-19-15(22-20-16)7-8-18-14(21)10-13-2-1-9-23-13/h1-6,9H,7-8,10H2,(H,18,21). The molecule has 0 bridgehead atoms. The summed E-state index contributed by atoms with van der Waals surface area (Å²) in [4.78, 5) is 17.0. The Hall–Kier alpha value is -2.54. The van der Waals surface area contributed by atoms with E-state index in [1.54, 1.807) is 23.5 Å². The third-order valence-corrected chi connectivity index (χ3v) is 4.02. The van der Waals surface area contributed by atoms with Crippen molar-refractivity contribution in [3.8, 4) is 11.4 Å². The Labute approximate surface area is 136 Å². The third-order valence-electron chi connectivity index (χ3n) is 3.15. The lowest BCUT2D eigenvalue weighted by Crippen LogP contribution is -2.27. The molecule has 0 aliphatic rings. The third kappa shape index (κ3) is 4.23. The van der Waals surface area contributed by atoms with E-state index < -0.39 is 0 Å². The normalized spacial score (nSPS) is 10.7. The Bertz CT molecular complexity index is 769. The van der Waals surface area contributed by atoms with E-state index in [0.29, 0.717) is 36.7 Å². The molecule has 0 spiro atoms. The molecule has 23 heavy (non-hydrogen) atoms. The summed E-state index contributed by atoms with van der Waals surface area (Å²) in [5, 5.41) is 8.61. The van der Waals surface area contributed by atoms with Gasteiger partial charge in [-0.1, -0.05) is 11.2 Å². The molecule has 0 aliphatic carbocycles. The predicted molar refractivity (Wildman–Crippen MR) is 84.4 cm³/mol. The van der Waals surface area contributed by atoms with Crippen molar-refractivity contribution in [3.05, 3.63) is 58.4 Å². The molecule has 0 aliphatic heterocycles.